The molecule has 0 heterocycles. The van der Waals surface area contributed by atoms with Crippen molar-refractivity contribution in [2.45, 2.75) is 19.0 Å². The Morgan fingerprint density at radius 1 is 0.895 bits per heavy atom. The summed E-state index contributed by atoms with van der Waals surface area (Å²) in [5.41, 5.74) is 2.20. The Morgan fingerprint density at radius 3 is 1.74 bits per heavy atom. The molecule has 0 aliphatic rings. The van der Waals surface area contributed by atoms with Gasteiger partial charge in [-0.25, -0.2) is 0 Å². The second kappa shape index (κ2) is 5.79. The molecule has 0 saturated heterocycles. The maximum atomic E-state index is 12.5. The first-order valence-corrected chi connectivity index (χ1v) is 5.21. The third-order valence-electron chi connectivity index (χ3n) is 2.18. The molecular formula is C11H11F6NO. The summed E-state index contributed by atoms with van der Waals surface area (Å²) in [5, 5.41) is 0. The van der Waals surface area contributed by atoms with Crippen molar-refractivity contribution in [2.24, 2.45) is 5.73 Å². The van der Waals surface area contributed by atoms with Crippen LogP contribution in [0.1, 0.15) is 16.7 Å². The molecule has 0 fully saturated rings. The van der Waals surface area contributed by atoms with Gasteiger partial charge in [-0.05, 0) is 23.8 Å². The Balaban J connectivity index is 3.10. The second-order valence-corrected chi connectivity index (χ2v) is 3.76. The van der Waals surface area contributed by atoms with Crippen LogP contribution in [0.5, 0.6) is 0 Å². The maximum Gasteiger partial charge on any atom is 0.416 e. The third-order valence-corrected chi connectivity index (χ3v) is 2.18. The van der Waals surface area contributed by atoms with E-state index in [4.69, 9.17) is 10.5 Å². The van der Waals surface area contributed by atoms with Gasteiger partial charge in [-0.3, -0.25) is 0 Å². The molecule has 19 heavy (non-hydrogen) atoms. The molecule has 8 heteroatoms. The molecule has 0 saturated carbocycles. The quantitative estimate of drug-likeness (QED) is 0.682. The van der Waals surface area contributed by atoms with E-state index in [-0.39, 0.29) is 31.4 Å². The first kappa shape index (κ1) is 15.8. The van der Waals surface area contributed by atoms with E-state index in [1.54, 1.807) is 0 Å². The minimum absolute atomic E-state index is 0.0532. The van der Waals surface area contributed by atoms with Gasteiger partial charge in [0.15, 0.2) is 0 Å². The summed E-state index contributed by atoms with van der Waals surface area (Å²) < 4.78 is 79.8. The van der Waals surface area contributed by atoms with Crippen LogP contribution in [0.15, 0.2) is 18.2 Å². The molecule has 0 radical (unpaired) electrons. The van der Waals surface area contributed by atoms with Gasteiger partial charge in [0, 0.05) is 6.54 Å². The van der Waals surface area contributed by atoms with Gasteiger partial charge in [-0.15, -0.1) is 0 Å². The fourth-order valence-corrected chi connectivity index (χ4v) is 1.38. The van der Waals surface area contributed by atoms with Crippen LogP contribution >= 0.6 is 0 Å². The van der Waals surface area contributed by atoms with Crippen molar-refractivity contribution in [3.63, 3.8) is 0 Å². The third kappa shape index (κ3) is 4.71. The molecule has 1 aromatic rings. The molecule has 0 amide bonds. The largest absolute Gasteiger partial charge is 0.416 e. The number of hydrogen-bond acceptors (Lipinski definition) is 2. The van der Waals surface area contributed by atoms with Crippen LogP contribution in [-0.2, 0) is 23.7 Å². The van der Waals surface area contributed by atoms with Crippen molar-refractivity contribution in [1.82, 2.24) is 0 Å². The molecule has 0 atom stereocenters. The first-order valence-electron chi connectivity index (χ1n) is 5.21. The van der Waals surface area contributed by atoms with Gasteiger partial charge in [0.25, 0.3) is 0 Å². The number of ether oxygens (including phenoxy) is 1. The average Bonchev–Trinajstić information content (AvgIpc) is 2.27. The van der Waals surface area contributed by atoms with Gasteiger partial charge in [0.2, 0.25) is 0 Å². The highest BCUT2D eigenvalue weighted by molar-refractivity contribution is 5.33. The van der Waals surface area contributed by atoms with Crippen molar-refractivity contribution >= 4 is 0 Å². The highest BCUT2D eigenvalue weighted by Crippen LogP contribution is 2.36. The molecule has 108 valence electrons. The molecule has 2 N–H and O–H groups in total. The van der Waals surface area contributed by atoms with Gasteiger partial charge in [0.05, 0.1) is 24.3 Å². The van der Waals surface area contributed by atoms with Crippen LogP contribution in [-0.4, -0.2) is 13.2 Å². The van der Waals surface area contributed by atoms with Crippen LogP contribution in [0.25, 0.3) is 0 Å². The van der Waals surface area contributed by atoms with E-state index in [0.717, 1.165) is 0 Å². The van der Waals surface area contributed by atoms with Crippen LogP contribution in [0, 0.1) is 0 Å². The number of halogens is 6. The van der Waals surface area contributed by atoms with Gasteiger partial charge in [0.1, 0.15) is 0 Å². The minimum Gasteiger partial charge on any atom is -0.375 e. The fourth-order valence-electron chi connectivity index (χ4n) is 1.38. The lowest BCUT2D eigenvalue weighted by Crippen LogP contribution is -2.13. The van der Waals surface area contributed by atoms with E-state index in [1.165, 1.54) is 0 Å². The van der Waals surface area contributed by atoms with Crippen molar-refractivity contribution in [2.75, 3.05) is 13.2 Å². The number of benzene rings is 1. The van der Waals surface area contributed by atoms with Gasteiger partial charge >= 0.3 is 12.4 Å². The molecule has 2 nitrogen and oxygen atoms in total. The summed E-state index contributed by atoms with van der Waals surface area (Å²) in [6.45, 7) is -0.174. The summed E-state index contributed by atoms with van der Waals surface area (Å²) >= 11 is 0. The Hall–Kier alpha value is -1.28. The van der Waals surface area contributed by atoms with E-state index in [9.17, 15) is 26.3 Å². The zero-order valence-corrected chi connectivity index (χ0v) is 9.61. The minimum atomic E-state index is -4.84. The van der Waals surface area contributed by atoms with Crippen LogP contribution in [0.3, 0.4) is 0 Å². The summed E-state index contributed by atoms with van der Waals surface area (Å²) in [4.78, 5) is 0. The Labute approximate surface area is 105 Å². The molecule has 0 aliphatic heterocycles. The van der Waals surface area contributed by atoms with E-state index in [1.807, 2.05) is 0 Å². The fraction of sp³-hybridized carbons (Fsp3) is 0.455. The molecule has 0 unspecified atom stereocenters. The lowest BCUT2D eigenvalue weighted by atomic mass is 10.1. The van der Waals surface area contributed by atoms with Gasteiger partial charge in [-0.1, -0.05) is 0 Å². The number of alkyl halides is 6. The SMILES string of the molecule is NCCOCc1cc(C(F)(F)F)cc(C(F)(F)F)c1. The summed E-state index contributed by atoms with van der Waals surface area (Å²) in [6.07, 6.45) is -9.69. The van der Waals surface area contributed by atoms with E-state index in [2.05, 4.69) is 0 Å². The van der Waals surface area contributed by atoms with E-state index < -0.39 is 23.5 Å². The van der Waals surface area contributed by atoms with Crippen molar-refractivity contribution in [1.29, 1.82) is 0 Å². The Kier molecular flexibility index (Phi) is 4.81. The first-order chi connectivity index (χ1) is 8.64. The molecule has 0 bridgehead atoms. The smallest absolute Gasteiger partial charge is 0.375 e. The molecule has 0 aromatic heterocycles. The monoisotopic (exact) mass is 287 g/mol. The predicted molar refractivity (Wildman–Crippen MR) is 55.2 cm³/mol. The van der Waals surface area contributed by atoms with Crippen molar-refractivity contribution in [3.05, 3.63) is 34.9 Å². The number of nitrogens with two attached hydrogens (primary N) is 1. The summed E-state index contributed by atoms with van der Waals surface area (Å²) in [5.74, 6) is 0. The standard InChI is InChI=1S/C11H11F6NO/c12-10(13,14)8-3-7(6-19-2-1-18)4-9(5-8)11(15,16)17/h3-5H,1-2,6,18H2. The van der Waals surface area contributed by atoms with E-state index in [0.29, 0.717) is 12.1 Å². The molecule has 0 spiro atoms. The van der Waals surface area contributed by atoms with Crippen LogP contribution in [0.2, 0.25) is 0 Å². The average molecular weight is 287 g/mol. The topological polar surface area (TPSA) is 35.2 Å². The molecule has 1 rings (SSSR count). The molecule has 0 aliphatic carbocycles. The zero-order chi connectivity index (χ0) is 14.7. The lowest BCUT2D eigenvalue weighted by Gasteiger charge is -2.14. The highest BCUT2D eigenvalue weighted by atomic mass is 19.4. The maximum absolute atomic E-state index is 12.5. The predicted octanol–water partition coefficient (Wildman–Crippen LogP) is 3.20. The van der Waals surface area contributed by atoms with Crippen molar-refractivity contribution in [3.8, 4) is 0 Å². The van der Waals surface area contributed by atoms with Gasteiger partial charge < -0.3 is 10.5 Å². The number of hydrogen-bond donors (Lipinski definition) is 1. The number of rotatable bonds is 4. The Morgan fingerprint density at radius 2 is 1.37 bits per heavy atom. The zero-order valence-electron chi connectivity index (χ0n) is 9.61. The molecular weight excluding hydrogens is 276 g/mol. The van der Waals surface area contributed by atoms with Crippen LogP contribution < -0.4 is 5.73 Å². The van der Waals surface area contributed by atoms with Crippen LogP contribution in [0.4, 0.5) is 26.3 Å². The van der Waals surface area contributed by atoms with Gasteiger partial charge in [-0.2, -0.15) is 26.3 Å². The summed E-state index contributed by atoms with van der Waals surface area (Å²) in [7, 11) is 0. The molecule has 1 aromatic carbocycles. The van der Waals surface area contributed by atoms with Crippen molar-refractivity contribution < 1.29 is 31.1 Å². The Bertz CT molecular complexity index is 394. The highest BCUT2D eigenvalue weighted by Gasteiger charge is 2.36. The normalized spacial score (nSPS) is 12.8. The van der Waals surface area contributed by atoms with E-state index >= 15 is 0 Å². The second-order valence-electron chi connectivity index (χ2n) is 3.76. The summed E-state index contributed by atoms with van der Waals surface area (Å²) in [6, 6.07) is 1.34. The lowest BCUT2D eigenvalue weighted by molar-refractivity contribution is -0.143.